The van der Waals surface area contributed by atoms with Crippen molar-refractivity contribution < 1.29 is 74.3 Å². The first-order valence-corrected chi connectivity index (χ1v) is 21.2. The summed E-state index contributed by atoms with van der Waals surface area (Å²) in [5, 5.41) is 24.7. The molecule has 14 nitrogen and oxygen atoms in total. The van der Waals surface area contributed by atoms with Crippen LogP contribution < -0.4 is 24.8 Å². The van der Waals surface area contributed by atoms with Crippen LogP contribution in [0.4, 0.5) is 32.0 Å². The molecule has 2 bridgehead atoms. The number of carbonyl (C=O) groups excluding carboxylic acids is 3. The Bertz CT molecular complexity index is 2360. The highest BCUT2D eigenvalue weighted by Gasteiger charge is 2.39. The molecular formula is C44H42Cl2F6N4O10. The fourth-order valence-electron chi connectivity index (χ4n) is 7.26. The molecule has 4 heterocycles. The molecule has 1 amide bonds. The molecule has 3 atom stereocenters. The molecule has 22 heteroatoms. The number of esters is 2. The van der Waals surface area contributed by atoms with Crippen LogP contribution in [0.3, 0.4) is 0 Å². The summed E-state index contributed by atoms with van der Waals surface area (Å²) < 4.78 is 95.3. The number of hydrogen-bond donors (Lipinski definition) is 3. The predicted octanol–water partition coefficient (Wildman–Crippen LogP) is 7.84. The van der Waals surface area contributed by atoms with Crippen molar-refractivity contribution in [2.24, 2.45) is 11.8 Å². The average Bonchev–Trinajstić information content (AvgIpc) is 4.10. The maximum absolute atomic E-state index is 14.4. The number of carbonyl (C=O) groups is 4. The number of pyridine rings is 1. The number of fused-ring (bicyclic) bond motifs is 3. The third kappa shape index (κ3) is 14.0. The molecule has 3 unspecified atom stereocenters. The van der Waals surface area contributed by atoms with Crippen LogP contribution in [0, 0.1) is 22.9 Å². The Labute approximate surface area is 383 Å². The van der Waals surface area contributed by atoms with Crippen LogP contribution in [0.2, 0.25) is 10.0 Å². The van der Waals surface area contributed by atoms with E-state index in [1.165, 1.54) is 48.5 Å². The van der Waals surface area contributed by atoms with Gasteiger partial charge in [0, 0.05) is 29.8 Å². The lowest BCUT2D eigenvalue weighted by molar-refractivity contribution is -0.605. The van der Waals surface area contributed by atoms with Crippen molar-refractivity contribution in [1.29, 1.82) is 0 Å². The molecular weight excluding hydrogens is 929 g/mol. The van der Waals surface area contributed by atoms with Crippen LogP contribution in [0.5, 0.6) is 11.5 Å². The summed E-state index contributed by atoms with van der Waals surface area (Å²) in [5.74, 6) is -5.08. The Morgan fingerprint density at radius 1 is 0.909 bits per heavy atom. The molecule has 0 spiro atoms. The van der Waals surface area contributed by atoms with Crippen molar-refractivity contribution in [1.82, 2.24) is 10.2 Å². The van der Waals surface area contributed by atoms with Gasteiger partial charge in [-0.3, -0.25) is 14.5 Å². The molecule has 1 saturated carbocycles. The number of benzene rings is 3. The van der Waals surface area contributed by atoms with Gasteiger partial charge in [-0.25, -0.2) is 14.0 Å². The van der Waals surface area contributed by atoms with Crippen LogP contribution in [0.15, 0.2) is 79.1 Å². The maximum Gasteiger partial charge on any atom is 0.490 e. The minimum absolute atomic E-state index is 0.00657. The number of ether oxygens (including phenoxy) is 4. The molecule has 1 aliphatic carbocycles. The highest BCUT2D eigenvalue weighted by Crippen LogP contribution is 2.38. The molecule has 3 aromatic carbocycles. The fourth-order valence-corrected chi connectivity index (χ4v) is 7.86. The van der Waals surface area contributed by atoms with E-state index in [1.54, 1.807) is 18.2 Å². The van der Waals surface area contributed by atoms with Gasteiger partial charge < -0.3 is 39.9 Å². The third-order valence-corrected chi connectivity index (χ3v) is 11.5. The van der Waals surface area contributed by atoms with Crippen LogP contribution >= 0.6 is 23.2 Å². The Kier molecular flexibility index (Phi) is 16.5. The van der Waals surface area contributed by atoms with Crippen molar-refractivity contribution in [3.05, 3.63) is 122 Å². The van der Waals surface area contributed by atoms with Gasteiger partial charge in [-0.1, -0.05) is 47.5 Å². The molecule has 1 aromatic heterocycles. The molecule has 4 aliphatic rings. The van der Waals surface area contributed by atoms with Gasteiger partial charge in [-0.05, 0) is 104 Å². The smallest absolute Gasteiger partial charge is 0.490 e. The molecule has 3 N–H and O–H groups in total. The first kappa shape index (κ1) is 49.4. The van der Waals surface area contributed by atoms with Gasteiger partial charge in [0.05, 0.1) is 6.61 Å². The molecule has 3 aliphatic heterocycles. The van der Waals surface area contributed by atoms with Crippen molar-refractivity contribution >= 4 is 52.7 Å². The van der Waals surface area contributed by atoms with Gasteiger partial charge in [0.15, 0.2) is 29.9 Å². The summed E-state index contributed by atoms with van der Waals surface area (Å²) in [6.45, 7) is -0.887. The minimum Gasteiger partial charge on any atom is -0.619 e. The maximum atomic E-state index is 14.4. The Morgan fingerprint density at radius 2 is 1.59 bits per heavy atom. The molecule has 0 radical (unpaired) electrons. The van der Waals surface area contributed by atoms with Crippen molar-refractivity contribution in [2.45, 2.75) is 63.1 Å². The zero-order chi connectivity index (χ0) is 47.7. The number of alkyl halides is 5. The van der Waals surface area contributed by atoms with E-state index in [4.69, 9.17) is 47.3 Å². The van der Waals surface area contributed by atoms with Crippen LogP contribution in [-0.4, -0.2) is 85.5 Å². The predicted molar refractivity (Wildman–Crippen MR) is 224 cm³/mol. The lowest BCUT2D eigenvalue weighted by Crippen LogP contribution is -2.52. The van der Waals surface area contributed by atoms with Gasteiger partial charge in [0.1, 0.15) is 34.6 Å². The summed E-state index contributed by atoms with van der Waals surface area (Å²) in [4.78, 5) is 51.6. The summed E-state index contributed by atoms with van der Waals surface area (Å²) in [5.41, 5.74) is 1.40. The monoisotopic (exact) mass is 970 g/mol. The Hall–Kier alpha value is -5.99. The van der Waals surface area contributed by atoms with Crippen LogP contribution in [0.25, 0.3) is 0 Å². The Morgan fingerprint density at radius 3 is 2.20 bits per heavy atom. The van der Waals surface area contributed by atoms with E-state index in [9.17, 15) is 45.9 Å². The van der Waals surface area contributed by atoms with E-state index in [-0.39, 0.29) is 63.6 Å². The van der Waals surface area contributed by atoms with E-state index < -0.39 is 61.1 Å². The number of carboxylic acids is 1. The zero-order valence-corrected chi connectivity index (χ0v) is 36.1. The number of hydrogen-bond acceptors (Lipinski definition) is 11. The van der Waals surface area contributed by atoms with Gasteiger partial charge in [-0.2, -0.15) is 26.7 Å². The van der Waals surface area contributed by atoms with Crippen molar-refractivity contribution in [2.75, 3.05) is 38.1 Å². The summed E-state index contributed by atoms with van der Waals surface area (Å²) in [7, 11) is 0. The number of aliphatic carboxylic acids is 1. The number of aromatic nitrogens is 1. The average molecular weight is 972 g/mol. The fraction of sp³-hybridized carbons (Fsp3) is 0.386. The zero-order valence-electron chi connectivity index (χ0n) is 34.6. The van der Waals surface area contributed by atoms with E-state index >= 15 is 0 Å². The van der Waals surface area contributed by atoms with E-state index in [2.05, 4.69) is 20.3 Å². The largest absolute Gasteiger partial charge is 0.619 e. The first-order valence-electron chi connectivity index (χ1n) is 20.4. The first-order chi connectivity index (χ1) is 31.3. The molecule has 3 saturated heterocycles. The van der Waals surface area contributed by atoms with E-state index in [1.807, 2.05) is 0 Å². The normalized spacial score (nSPS) is 18.5. The van der Waals surface area contributed by atoms with Gasteiger partial charge in [0.25, 0.3) is 5.91 Å². The lowest BCUT2D eigenvalue weighted by atomic mass is 9.86. The highest BCUT2D eigenvalue weighted by molar-refractivity contribution is 6.35. The number of rotatable bonds is 17. The standard InChI is InChI=1S/C42H41Cl2F3N4O8.C2HF3O2/c43-32-20-51(55)21-33(44)31(32)18-35(26-9-10-34(59-42(46)47)36(17-26)56-23-24-7-8-24)57-38(52)19-48-40(53)28-4-2-6-30(16-28)49-39(27-3-1-5-29(45)15-27)41(54)58-37-22-50-13-11-25(37)12-14-50;3-2(4,5)1(6)7/h1-6,9-10,15-17,20-21,24-25,35,37,39,42,49H,7-8,11-14,18-19,22-23H2,(H,48,53);(H,6,7). The molecule has 4 aromatic rings. The van der Waals surface area contributed by atoms with Gasteiger partial charge in [-0.15, -0.1) is 0 Å². The molecule has 8 rings (SSSR count). The number of nitrogens with one attached hydrogen (secondary N) is 2. The highest BCUT2D eigenvalue weighted by atomic mass is 35.5. The Balaban J connectivity index is 0.000000952. The number of amides is 1. The number of anilines is 1. The molecule has 66 heavy (non-hydrogen) atoms. The second kappa shape index (κ2) is 22.0. The SMILES string of the molecule is O=C(CNC(=O)c1cccc(NC(C(=O)OC2CN3CCC2CC3)c2cccc(F)c2)c1)OC(Cc1c(Cl)c[n+]([O-])cc1Cl)c1ccc(OC(F)F)c(OCC2CC2)c1.O=C(O)C(F)(F)F. The van der Waals surface area contributed by atoms with Crippen molar-refractivity contribution in [3.8, 4) is 11.5 Å². The van der Waals surface area contributed by atoms with Crippen LogP contribution in [-0.2, 0) is 30.3 Å². The molecule has 354 valence electrons. The molecule has 4 fully saturated rings. The van der Waals surface area contributed by atoms with E-state index in [0.29, 0.717) is 28.1 Å². The quantitative estimate of drug-likeness (QED) is 0.0405. The summed E-state index contributed by atoms with van der Waals surface area (Å²) in [6, 6.07) is 14.8. The topological polar surface area (TPSA) is 180 Å². The number of nitrogens with zero attached hydrogens (tertiary/aromatic N) is 2. The summed E-state index contributed by atoms with van der Waals surface area (Å²) in [6.07, 6.45) is -0.757. The second-order valence-corrected chi connectivity index (χ2v) is 16.4. The minimum atomic E-state index is -5.08. The van der Waals surface area contributed by atoms with Crippen LogP contribution in [0.1, 0.15) is 64.9 Å². The van der Waals surface area contributed by atoms with Gasteiger partial charge >= 0.3 is 30.7 Å². The summed E-state index contributed by atoms with van der Waals surface area (Å²) >= 11 is 12.7. The second-order valence-electron chi connectivity index (χ2n) is 15.6. The number of piperidine rings is 3. The number of carboxylic acid groups (broad SMARTS) is 1. The number of halogens is 8. The van der Waals surface area contributed by atoms with Crippen molar-refractivity contribution in [3.63, 3.8) is 0 Å². The van der Waals surface area contributed by atoms with Gasteiger partial charge in [0.2, 0.25) is 0 Å². The third-order valence-electron chi connectivity index (χ3n) is 10.8. The lowest BCUT2D eigenvalue weighted by Gasteiger charge is -2.44. The van der Waals surface area contributed by atoms with E-state index in [0.717, 1.165) is 51.2 Å².